The fourth-order valence-corrected chi connectivity index (χ4v) is 4.91. The highest BCUT2D eigenvalue weighted by Crippen LogP contribution is 2.34. The molecule has 0 aliphatic carbocycles. The van der Waals surface area contributed by atoms with Crippen LogP contribution >= 0.6 is 12.4 Å². The molecular formula is C14H22ClN3O5S. The maximum atomic E-state index is 13.0. The molecule has 0 aromatic heterocycles. The van der Waals surface area contributed by atoms with Crippen LogP contribution in [0.15, 0.2) is 23.1 Å². The Labute approximate surface area is 147 Å². The lowest BCUT2D eigenvalue weighted by Crippen LogP contribution is -2.51. The molecule has 10 heteroatoms. The Bertz CT molecular complexity index is 698. The normalized spacial score (nSPS) is 21.8. The average molecular weight is 380 g/mol. The van der Waals surface area contributed by atoms with Gasteiger partial charge in [-0.1, -0.05) is 6.92 Å². The van der Waals surface area contributed by atoms with Crippen LogP contribution < -0.4 is 10.5 Å². The lowest BCUT2D eigenvalue weighted by atomic mass is 9.93. The van der Waals surface area contributed by atoms with Crippen LogP contribution in [0.4, 0.5) is 5.69 Å². The number of nitrogens with zero attached hydrogens (tertiary/aromatic N) is 2. The summed E-state index contributed by atoms with van der Waals surface area (Å²) < 4.78 is 32.5. The number of ether oxygens (including phenoxy) is 1. The van der Waals surface area contributed by atoms with Crippen LogP contribution in [-0.4, -0.2) is 43.9 Å². The van der Waals surface area contributed by atoms with E-state index in [0.717, 1.165) is 18.9 Å². The van der Waals surface area contributed by atoms with E-state index in [-0.39, 0.29) is 47.2 Å². The third kappa shape index (κ3) is 3.80. The van der Waals surface area contributed by atoms with Gasteiger partial charge in [-0.2, -0.15) is 4.31 Å². The maximum absolute atomic E-state index is 13.0. The Balaban J connectivity index is 0.00000288. The number of methoxy groups -OCH3 is 1. The molecule has 8 nitrogen and oxygen atoms in total. The number of nitrogens with two attached hydrogens (primary N) is 1. The Kier molecular flexibility index (Phi) is 6.97. The average Bonchev–Trinajstić information content (AvgIpc) is 2.53. The number of nitro groups is 1. The summed E-state index contributed by atoms with van der Waals surface area (Å²) in [5.74, 6) is 0.220. The minimum Gasteiger partial charge on any atom is -0.495 e. The quantitative estimate of drug-likeness (QED) is 0.615. The molecule has 2 N–H and O–H groups in total. The molecule has 0 saturated carbocycles. The van der Waals surface area contributed by atoms with Gasteiger partial charge in [-0.3, -0.25) is 10.1 Å². The predicted molar refractivity (Wildman–Crippen MR) is 92.0 cm³/mol. The highest BCUT2D eigenvalue weighted by atomic mass is 35.5. The summed E-state index contributed by atoms with van der Waals surface area (Å²) in [6.45, 7) is 2.52. The van der Waals surface area contributed by atoms with Crippen LogP contribution in [0.3, 0.4) is 0 Å². The summed E-state index contributed by atoms with van der Waals surface area (Å²) in [7, 11) is -2.60. The zero-order chi connectivity index (χ0) is 17.2. The van der Waals surface area contributed by atoms with Gasteiger partial charge in [0.1, 0.15) is 10.6 Å². The first-order valence-electron chi connectivity index (χ1n) is 7.37. The van der Waals surface area contributed by atoms with E-state index < -0.39 is 14.9 Å². The van der Waals surface area contributed by atoms with Crippen molar-refractivity contribution in [2.24, 2.45) is 11.7 Å². The van der Waals surface area contributed by atoms with E-state index in [1.54, 1.807) is 0 Å². The maximum Gasteiger partial charge on any atom is 0.271 e. The van der Waals surface area contributed by atoms with E-state index in [9.17, 15) is 18.5 Å². The lowest BCUT2D eigenvalue weighted by Gasteiger charge is -2.38. The molecule has 1 aromatic rings. The van der Waals surface area contributed by atoms with Gasteiger partial charge in [0.15, 0.2) is 0 Å². The highest BCUT2D eigenvalue weighted by Gasteiger charge is 2.38. The van der Waals surface area contributed by atoms with Crippen LogP contribution in [0.1, 0.15) is 19.8 Å². The van der Waals surface area contributed by atoms with Gasteiger partial charge >= 0.3 is 0 Å². The predicted octanol–water partition coefficient (Wildman–Crippen LogP) is 1.77. The van der Waals surface area contributed by atoms with E-state index in [4.69, 9.17) is 10.5 Å². The van der Waals surface area contributed by atoms with Crippen molar-refractivity contribution in [3.05, 3.63) is 28.3 Å². The van der Waals surface area contributed by atoms with Gasteiger partial charge in [0.2, 0.25) is 10.0 Å². The zero-order valence-corrected chi connectivity index (χ0v) is 15.2. The van der Waals surface area contributed by atoms with Gasteiger partial charge in [0.05, 0.1) is 12.0 Å². The third-order valence-electron chi connectivity index (χ3n) is 4.25. The number of nitro benzene ring substituents is 1. The van der Waals surface area contributed by atoms with Gasteiger partial charge in [-0.25, -0.2) is 8.42 Å². The van der Waals surface area contributed by atoms with Crippen LogP contribution in [0, 0.1) is 16.0 Å². The zero-order valence-electron chi connectivity index (χ0n) is 13.5. The van der Waals surface area contributed by atoms with Crippen molar-refractivity contribution in [2.75, 3.05) is 20.2 Å². The van der Waals surface area contributed by atoms with Crippen molar-refractivity contribution in [2.45, 2.75) is 30.7 Å². The summed E-state index contributed by atoms with van der Waals surface area (Å²) in [4.78, 5) is 10.1. The molecule has 0 radical (unpaired) electrons. The molecule has 136 valence electrons. The Morgan fingerprint density at radius 1 is 1.46 bits per heavy atom. The van der Waals surface area contributed by atoms with Crippen molar-refractivity contribution in [1.29, 1.82) is 0 Å². The molecule has 2 unspecified atom stereocenters. The van der Waals surface area contributed by atoms with Gasteiger partial charge in [0.25, 0.3) is 5.69 Å². The first-order chi connectivity index (χ1) is 10.8. The summed E-state index contributed by atoms with van der Waals surface area (Å²) in [5.41, 5.74) is 5.47. The second-order valence-electron chi connectivity index (χ2n) is 5.63. The largest absolute Gasteiger partial charge is 0.495 e. The highest BCUT2D eigenvalue weighted by molar-refractivity contribution is 7.89. The number of sulfonamides is 1. The van der Waals surface area contributed by atoms with E-state index in [2.05, 4.69) is 0 Å². The first-order valence-corrected chi connectivity index (χ1v) is 8.81. The second kappa shape index (κ2) is 8.11. The van der Waals surface area contributed by atoms with Crippen molar-refractivity contribution < 1.29 is 18.1 Å². The number of halogens is 1. The molecule has 0 amide bonds. The van der Waals surface area contributed by atoms with E-state index >= 15 is 0 Å². The van der Waals surface area contributed by atoms with Gasteiger partial charge in [-0.05, 0) is 24.8 Å². The van der Waals surface area contributed by atoms with Gasteiger partial charge in [0, 0.05) is 31.3 Å². The molecule has 1 saturated heterocycles. The van der Waals surface area contributed by atoms with E-state index in [0.29, 0.717) is 6.54 Å². The lowest BCUT2D eigenvalue weighted by molar-refractivity contribution is -0.385. The minimum absolute atomic E-state index is 0. The monoisotopic (exact) mass is 379 g/mol. The summed E-state index contributed by atoms with van der Waals surface area (Å²) in [6.07, 6.45) is 1.63. The molecule has 24 heavy (non-hydrogen) atoms. The summed E-state index contributed by atoms with van der Waals surface area (Å²) >= 11 is 0. The summed E-state index contributed by atoms with van der Waals surface area (Å²) in [5, 5.41) is 11.0. The van der Waals surface area contributed by atoms with Crippen LogP contribution in [0.25, 0.3) is 0 Å². The smallest absolute Gasteiger partial charge is 0.271 e. The Hall–Kier alpha value is -1.42. The molecule has 0 spiro atoms. The first kappa shape index (κ1) is 20.6. The van der Waals surface area contributed by atoms with Crippen LogP contribution in [0.5, 0.6) is 5.75 Å². The minimum atomic E-state index is -3.93. The van der Waals surface area contributed by atoms with Crippen molar-refractivity contribution in [3.8, 4) is 5.75 Å². The Morgan fingerprint density at radius 2 is 2.12 bits per heavy atom. The molecule has 1 aromatic carbocycles. The summed E-state index contributed by atoms with van der Waals surface area (Å²) in [6, 6.07) is 3.24. The Morgan fingerprint density at radius 3 is 2.67 bits per heavy atom. The topological polar surface area (TPSA) is 116 Å². The van der Waals surface area contributed by atoms with E-state index in [1.165, 1.54) is 23.5 Å². The SMILES string of the molecule is COc1ccc([N+](=O)[O-])cc1S(=O)(=O)N1CCCC(C)C1CN.Cl. The van der Waals surface area contributed by atoms with Crippen molar-refractivity contribution in [1.82, 2.24) is 4.31 Å². The molecule has 1 aliphatic rings. The van der Waals surface area contributed by atoms with Gasteiger partial charge < -0.3 is 10.5 Å². The molecule has 1 fully saturated rings. The second-order valence-corrected chi connectivity index (χ2v) is 7.49. The fraction of sp³-hybridized carbons (Fsp3) is 0.571. The number of hydrogen-bond donors (Lipinski definition) is 1. The number of non-ortho nitro benzene ring substituents is 1. The molecule has 1 aliphatic heterocycles. The van der Waals surface area contributed by atoms with Crippen LogP contribution in [0.2, 0.25) is 0 Å². The number of piperidine rings is 1. The standard InChI is InChI=1S/C14H21N3O5S.ClH/c1-10-4-3-7-16(12(10)9-15)23(20,21)14-8-11(17(18)19)5-6-13(14)22-2;/h5-6,8,10,12H,3-4,7,9,15H2,1-2H3;1H. The molecular weight excluding hydrogens is 358 g/mol. The number of benzene rings is 1. The third-order valence-corrected chi connectivity index (χ3v) is 6.20. The molecule has 2 atom stereocenters. The van der Waals surface area contributed by atoms with E-state index in [1.807, 2.05) is 6.92 Å². The van der Waals surface area contributed by atoms with Crippen molar-refractivity contribution in [3.63, 3.8) is 0 Å². The number of rotatable bonds is 5. The van der Waals surface area contributed by atoms with Crippen LogP contribution in [-0.2, 0) is 10.0 Å². The van der Waals surface area contributed by atoms with Gasteiger partial charge in [-0.15, -0.1) is 12.4 Å². The molecule has 0 bridgehead atoms. The molecule has 2 rings (SSSR count). The molecule has 1 heterocycles. The number of hydrogen-bond acceptors (Lipinski definition) is 6. The fourth-order valence-electron chi connectivity index (χ4n) is 2.97. The van der Waals surface area contributed by atoms with Crippen molar-refractivity contribution >= 4 is 28.1 Å².